The van der Waals surface area contributed by atoms with E-state index in [1.807, 2.05) is 0 Å². The highest BCUT2D eigenvalue weighted by Crippen LogP contribution is 2.31. The minimum absolute atomic E-state index is 0.272. The Hall–Kier alpha value is -0.530. The van der Waals surface area contributed by atoms with Gasteiger partial charge in [0.25, 0.3) is 0 Å². The molecule has 1 aliphatic carbocycles. The van der Waals surface area contributed by atoms with E-state index < -0.39 is 0 Å². The Bertz CT molecular complexity index is 130. The van der Waals surface area contributed by atoms with Crippen LogP contribution >= 0.6 is 0 Å². The third-order valence-electron chi connectivity index (χ3n) is 2.38. The molecule has 1 saturated carbocycles. The third-order valence-corrected chi connectivity index (χ3v) is 2.38. The zero-order valence-corrected chi connectivity index (χ0v) is 5.39. The molecule has 2 bridgehead atoms. The molecule has 2 aliphatic rings. The Morgan fingerprint density at radius 1 is 1.44 bits per heavy atom. The van der Waals surface area contributed by atoms with Gasteiger partial charge in [0.15, 0.2) is 0 Å². The van der Waals surface area contributed by atoms with Gasteiger partial charge in [0.2, 0.25) is 5.91 Å². The van der Waals surface area contributed by atoms with Gasteiger partial charge in [-0.05, 0) is 25.2 Å². The van der Waals surface area contributed by atoms with E-state index in [9.17, 15) is 4.79 Å². The Morgan fingerprint density at radius 3 is 3.11 bits per heavy atom. The summed E-state index contributed by atoms with van der Waals surface area (Å²) in [5.41, 5.74) is 0. The summed E-state index contributed by atoms with van der Waals surface area (Å²) in [7, 11) is 0. The first kappa shape index (κ1) is 5.27. The van der Waals surface area contributed by atoms with Crippen LogP contribution in [0.5, 0.6) is 0 Å². The molecule has 1 aliphatic heterocycles. The van der Waals surface area contributed by atoms with Gasteiger partial charge in [-0.3, -0.25) is 4.79 Å². The molecule has 0 radical (unpaired) electrons. The Kier molecular flexibility index (Phi) is 1.01. The highest BCUT2D eigenvalue weighted by molar-refractivity contribution is 5.77. The van der Waals surface area contributed by atoms with Crippen LogP contribution in [0.25, 0.3) is 0 Å². The van der Waals surface area contributed by atoms with Crippen LogP contribution in [-0.4, -0.2) is 11.9 Å². The summed E-state index contributed by atoms with van der Waals surface area (Å²) < 4.78 is 0. The lowest BCUT2D eigenvalue weighted by Crippen LogP contribution is -2.37. The van der Waals surface area contributed by atoms with Crippen molar-refractivity contribution in [1.82, 2.24) is 5.32 Å². The van der Waals surface area contributed by atoms with Crippen molar-refractivity contribution >= 4 is 5.91 Å². The Morgan fingerprint density at radius 2 is 2.33 bits per heavy atom. The topological polar surface area (TPSA) is 29.1 Å². The van der Waals surface area contributed by atoms with Crippen molar-refractivity contribution in [1.29, 1.82) is 0 Å². The maximum atomic E-state index is 10.8. The average molecular weight is 125 g/mol. The van der Waals surface area contributed by atoms with Crippen LogP contribution in [0.1, 0.15) is 25.7 Å². The van der Waals surface area contributed by atoms with Gasteiger partial charge < -0.3 is 5.32 Å². The van der Waals surface area contributed by atoms with E-state index in [1.165, 1.54) is 19.3 Å². The van der Waals surface area contributed by atoms with E-state index in [-0.39, 0.29) is 5.91 Å². The number of fused-ring (bicyclic) bond motifs is 2. The van der Waals surface area contributed by atoms with Gasteiger partial charge in [0.05, 0.1) is 0 Å². The van der Waals surface area contributed by atoms with Gasteiger partial charge in [-0.1, -0.05) is 0 Å². The molecule has 50 valence electrons. The lowest BCUT2D eigenvalue weighted by atomic mass is 10.0. The zero-order valence-electron chi connectivity index (χ0n) is 5.39. The number of piperidine rings is 1. The second kappa shape index (κ2) is 1.72. The van der Waals surface area contributed by atoms with Gasteiger partial charge in [0.1, 0.15) is 0 Å². The summed E-state index contributed by atoms with van der Waals surface area (Å²) in [4.78, 5) is 10.8. The third kappa shape index (κ3) is 0.824. The molecule has 0 unspecified atom stereocenters. The summed E-state index contributed by atoms with van der Waals surface area (Å²) >= 11 is 0. The maximum absolute atomic E-state index is 10.8. The molecule has 0 aromatic carbocycles. The molecule has 2 nitrogen and oxygen atoms in total. The number of hydrogen-bond donors (Lipinski definition) is 1. The van der Waals surface area contributed by atoms with Crippen molar-refractivity contribution in [2.24, 2.45) is 5.92 Å². The summed E-state index contributed by atoms with van der Waals surface area (Å²) in [5, 5.41) is 2.97. The molecule has 0 aromatic heterocycles. The van der Waals surface area contributed by atoms with E-state index in [2.05, 4.69) is 5.32 Å². The molecule has 0 aromatic rings. The van der Waals surface area contributed by atoms with Crippen molar-refractivity contribution in [3.05, 3.63) is 0 Å². The molecular formula is C7H11NO. The number of hydrogen-bond acceptors (Lipinski definition) is 1. The van der Waals surface area contributed by atoms with E-state index >= 15 is 0 Å². The summed E-state index contributed by atoms with van der Waals surface area (Å²) in [6, 6.07) is 0.538. The first-order chi connectivity index (χ1) is 4.34. The molecule has 1 saturated heterocycles. The van der Waals surface area contributed by atoms with E-state index in [1.54, 1.807) is 0 Å². The first-order valence-electron chi connectivity index (χ1n) is 3.64. The average Bonchev–Trinajstić information content (AvgIpc) is 2.11. The van der Waals surface area contributed by atoms with Crippen molar-refractivity contribution in [2.75, 3.05) is 0 Å². The Labute approximate surface area is 54.6 Å². The van der Waals surface area contributed by atoms with Crippen LogP contribution in [0.3, 0.4) is 0 Å². The van der Waals surface area contributed by atoms with Gasteiger partial charge in [-0.2, -0.15) is 0 Å². The quantitative estimate of drug-likeness (QED) is 0.506. The zero-order chi connectivity index (χ0) is 6.27. The normalized spacial score (nSPS) is 40.7. The minimum Gasteiger partial charge on any atom is -0.353 e. The van der Waals surface area contributed by atoms with E-state index in [0.29, 0.717) is 6.04 Å². The number of carbonyl (C=O) groups excluding carboxylic acids is 1. The molecule has 0 spiro atoms. The van der Waals surface area contributed by atoms with Crippen LogP contribution in [0.2, 0.25) is 0 Å². The standard InChI is InChI=1S/C7H11NO/c9-7-4-5-1-2-6(3-5)8-7/h5-6H,1-4H2,(H,8,9)/t5-,6+/m0/s1. The molecule has 2 rings (SSSR count). The number of carbonyl (C=O) groups is 1. The van der Waals surface area contributed by atoms with Crippen LogP contribution in [-0.2, 0) is 4.79 Å². The van der Waals surface area contributed by atoms with Crippen LogP contribution in [0.15, 0.2) is 0 Å². The van der Waals surface area contributed by atoms with Crippen LogP contribution in [0.4, 0.5) is 0 Å². The fourth-order valence-corrected chi connectivity index (χ4v) is 1.94. The monoisotopic (exact) mass is 125 g/mol. The van der Waals surface area contributed by atoms with Gasteiger partial charge in [-0.25, -0.2) is 0 Å². The lowest BCUT2D eigenvalue weighted by Gasteiger charge is -2.18. The van der Waals surface area contributed by atoms with Crippen molar-refractivity contribution < 1.29 is 4.79 Å². The molecule has 1 heterocycles. The fraction of sp³-hybridized carbons (Fsp3) is 0.857. The van der Waals surface area contributed by atoms with Gasteiger partial charge >= 0.3 is 0 Å². The van der Waals surface area contributed by atoms with E-state index in [0.717, 1.165) is 12.3 Å². The Balaban J connectivity index is 2.11. The summed E-state index contributed by atoms with van der Waals surface area (Å²) in [6.45, 7) is 0. The van der Waals surface area contributed by atoms with Gasteiger partial charge in [-0.15, -0.1) is 0 Å². The highest BCUT2D eigenvalue weighted by Gasteiger charge is 2.31. The second-order valence-corrected chi connectivity index (χ2v) is 3.15. The minimum atomic E-state index is 0.272. The lowest BCUT2D eigenvalue weighted by molar-refractivity contribution is -0.123. The molecular weight excluding hydrogens is 114 g/mol. The van der Waals surface area contributed by atoms with Crippen molar-refractivity contribution in [3.63, 3.8) is 0 Å². The van der Waals surface area contributed by atoms with Crippen LogP contribution in [0, 0.1) is 5.92 Å². The fourth-order valence-electron chi connectivity index (χ4n) is 1.94. The summed E-state index contributed by atoms with van der Waals surface area (Å²) in [6.07, 6.45) is 4.52. The second-order valence-electron chi connectivity index (χ2n) is 3.15. The van der Waals surface area contributed by atoms with Crippen LogP contribution < -0.4 is 5.32 Å². The number of amides is 1. The van der Waals surface area contributed by atoms with Crippen molar-refractivity contribution in [3.8, 4) is 0 Å². The molecule has 9 heavy (non-hydrogen) atoms. The van der Waals surface area contributed by atoms with Gasteiger partial charge in [0, 0.05) is 12.5 Å². The smallest absolute Gasteiger partial charge is 0.220 e. The molecule has 1 amide bonds. The predicted octanol–water partition coefficient (Wildman–Crippen LogP) is 0.675. The first-order valence-corrected chi connectivity index (χ1v) is 3.64. The predicted molar refractivity (Wildman–Crippen MR) is 33.9 cm³/mol. The summed E-state index contributed by atoms with van der Waals surface area (Å²) in [5.74, 6) is 0.998. The maximum Gasteiger partial charge on any atom is 0.220 e. The highest BCUT2D eigenvalue weighted by atomic mass is 16.1. The number of nitrogens with one attached hydrogen (secondary N) is 1. The molecule has 2 fully saturated rings. The van der Waals surface area contributed by atoms with Crippen molar-refractivity contribution in [2.45, 2.75) is 31.7 Å². The number of rotatable bonds is 0. The SMILES string of the molecule is O=C1C[C@H]2CC[C@H](C2)N1. The molecule has 2 heteroatoms. The molecule has 2 atom stereocenters. The largest absolute Gasteiger partial charge is 0.353 e. The van der Waals surface area contributed by atoms with E-state index in [4.69, 9.17) is 0 Å². The molecule has 1 N–H and O–H groups in total.